The number of nitrogens with two attached hydrogens (primary N) is 1. The Morgan fingerprint density at radius 1 is 1.41 bits per heavy atom. The highest BCUT2D eigenvalue weighted by Crippen LogP contribution is 2.18. The van der Waals surface area contributed by atoms with Crippen molar-refractivity contribution < 1.29 is 0 Å². The largest absolute Gasteiger partial charge is 0.271 e. The Morgan fingerprint density at radius 3 is 2.82 bits per heavy atom. The Balaban J connectivity index is 2.07. The summed E-state index contributed by atoms with van der Waals surface area (Å²) in [4.78, 5) is 5.44. The molecule has 5 nitrogen and oxygen atoms in total. The Hall–Kier alpha value is -1.37. The van der Waals surface area contributed by atoms with Crippen LogP contribution in [0.5, 0.6) is 0 Å². The number of hydrogen-bond acceptors (Lipinski definition) is 6. The van der Waals surface area contributed by atoms with E-state index in [0.717, 1.165) is 23.4 Å². The van der Waals surface area contributed by atoms with E-state index in [2.05, 4.69) is 33.0 Å². The number of pyridine rings is 1. The fourth-order valence-corrected chi connectivity index (χ4v) is 2.13. The average Bonchev–Trinajstić information content (AvgIpc) is 2.90. The normalized spacial score (nSPS) is 12.6. The molecule has 90 valence electrons. The van der Waals surface area contributed by atoms with Gasteiger partial charge < -0.3 is 0 Å². The molecule has 0 amide bonds. The van der Waals surface area contributed by atoms with Crippen LogP contribution in [0.25, 0.3) is 0 Å². The van der Waals surface area contributed by atoms with Crippen LogP contribution in [0.3, 0.4) is 0 Å². The quantitative estimate of drug-likeness (QED) is 0.616. The number of hydrogen-bond donors (Lipinski definition) is 2. The fourth-order valence-electron chi connectivity index (χ4n) is 1.56. The monoisotopic (exact) mass is 249 g/mol. The lowest BCUT2D eigenvalue weighted by Crippen LogP contribution is -2.29. The molecule has 0 aliphatic rings. The first-order chi connectivity index (χ1) is 8.33. The van der Waals surface area contributed by atoms with E-state index in [1.807, 2.05) is 12.3 Å². The van der Waals surface area contributed by atoms with Gasteiger partial charge in [0.05, 0.1) is 17.1 Å². The van der Waals surface area contributed by atoms with E-state index >= 15 is 0 Å². The zero-order valence-electron chi connectivity index (χ0n) is 9.63. The summed E-state index contributed by atoms with van der Waals surface area (Å²) in [6, 6.07) is 4.16. The third-order valence-corrected chi connectivity index (χ3v) is 3.41. The highest BCUT2D eigenvalue weighted by Gasteiger charge is 2.13. The van der Waals surface area contributed by atoms with Crippen LogP contribution in [0.1, 0.15) is 29.1 Å². The zero-order chi connectivity index (χ0) is 12.1. The molecule has 6 heteroatoms. The van der Waals surface area contributed by atoms with Crippen molar-refractivity contribution in [3.05, 3.63) is 40.7 Å². The van der Waals surface area contributed by atoms with Gasteiger partial charge in [-0.3, -0.25) is 16.3 Å². The minimum absolute atomic E-state index is 0.0231. The van der Waals surface area contributed by atoms with Crippen molar-refractivity contribution in [3.8, 4) is 0 Å². The first-order valence-corrected chi connectivity index (χ1v) is 6.28. The molecule has 0 radical (unpaired) electrons. The van der Waals surface area contributed by atoms with E-state index in [1.54, 1.807) is 6.20 Å². The predicted octanol–water partition coefficient (Wildman–Crippen LogP) is 1.24. The molecule has 1 atom stereocenters. The molecular weight excluding hydrogens is 234 g/mol. The number of nitrogens with zero attached hydrogens (tertiary/aromatic N) is 3. The van der Waals surface area contributed by atoms with Crippen molar-refractivity contribution in [1.29, 1.82) is 0 Å². The lowest BCUT2D eigenvalue weighted by Gasteiger charge is -2.12. The van der Waals surface area contributed by atoms with Gasteiger partial charge in [0.2, 0.25) is 0 Å². The minimum Gasteiger partial charge on any atom is -0.271 e. The van der Waals surface area contributed by atoms with E-state index in [-0.39, 0.29) is 6.04 Å². The molecule has 0 fully saturated rings. The van der Waals surface area contributed by atoms with Crippen LogP contribution in [-0.2, 0) is 12.8 Å². The van der Waals surface area contributed by atoms with Gasteiger partial charge in [-0.2, -0.15) is 0 Å². The summed E-state index contributed by atoms with van der Waals surface area (Å²) >= 11 is 1.35. The average molecular weight is 249 g/mol. The molecule has 17 heavy (non-hydrogen) atoms. The maximum Gasteiger partial charge on any atom is 0.0670 e. The molecule has 2 heterocycles. The molecule has 1 unspecified atom stereocenters. The second-order valence-electron chi connectivity index (χ2n) is 3.75. The number of rotatable bonds is 5. The van der Waals surface area contributed by atoms with Gasteiger partial charge >= 0.3 is 0 Å². The van der Waals surface area contributed by atoms with Gasteiger partial charge in [0.15, 0.2) is 0 Å². The van der Waals surface area contributed by atoms with Gasteiger partial charge in [0, 0.05) is 18.3 Å². The third-order valence-electron chi connectivity index (χ3n) is 2.63. The van der Waals surface area contributed by atoms with Crippen LogP contribution in [0.4, 0.5) is 0 Å². The Bertz CT molecular complexity index is 439. The van der Waals surface area contributed by atoms with Gasteiger partial charge in [-0.15, -0.1) is 5.10 Å². The van der Waals surface area contributed by atoms with Gasteiger partial charge in [0.1, 0.15) is 0 Å². The van der Waals surface area contributed by atoms with E-state index in [4.69, 9.17) is 5.84 Å². The lowest BCUT2D eigenvalue weighted by molar-refractivity contribution is 0.553. The molecule has 0 aliphatic carbocycles. The predicted molar refractivity (Wildman–Crippen MR) is 67.3 cm³/mol. The van der Waals surface area contributed by atoms with E-state index < -0.39 is 0 Å². The van der Waals surface area contributed by atoms with Gasteiger partial charge in [-0.1, -0.05) is 17.5 Å². The van der Waals surface area contributed by atoms with Crippen LogP contribution >= 0.6 is 11.5 Å². The molecule has 0 saturated carbocycles. The molecule has 0 bridgehead atoms. The maximum absolute atomic E-state index is 5.54. The summed E-state index contributed by atoms with van der Waals surface area (Å²) in [5.74, 6) is 5.54. The summed E-state index contributed by atoms with van der Waals surface area (Å²) in [5.41, 5.74) is 5.03. The van der Waals surface area contributed by atoms with Crippen molar-refractivity contribution in [2.24, 2.45) is 5.84 Å². The van der Waals surface area contributed by atoms with Crippen molar-refractivity contribution in [3.63, 3.8) is 0 Å². The first kappa shape index (κ1) is 12.1. The van der Waals surface area contributed by atoms with E-state index in [0.29, 0.717) is 0 Å². The minimum atomic E-state index is 0.0231. The summed E-state index contributed by atoms with van der Waals surface area (Å²) in [6.07, 6.45) is 5.39. The molecule has 2 rings (SSSR count). The molecule has 2 aromatic heterocycles. The van der Waals surface area contributed by atoms with Crippen molar-refractivity contribution in [2.45, 2.75) is 25.8 Å². The van der Waals surface area contributed by atoms with Crippen molar-refractivity contribution in [2.75, 3.05) is 0 Å². The summed E-state index contributed by atoms with van der Waals surface area (Å²) in [5, 5.41) is 3.81. The van der Waals surface area contributed by atoms with Crippen LogP contribution in [0, 0.1) is 0 Å². The topological polar surface area (TPSA) is 76.7 Å². The third kappa shape index (κ3) is 3.06. The van der Waals surface area contributed by atoms with Crippen LogP contribution in [-0.4, -0.2) is 14.6 Å². The SMILES string of the molecule is CCc1ccc(CC(NN)c2cnns2)nc1. The first-order valence-electron chi connectivity index (χ1n) is 5.50. The fraction of sp³-hybridized carbons (Fsp3) is 0.364. The standard InChI is InChI=1S/C11H15N5S/c1-2-8-3-4-9(13-6-8)5-10(15-12)11-7-14-16-17-11/h3-4,6-7,10,15H,2,5,12H2,1H3. The van der Waals surface area contributed by atoms with Crippen LogP contribution in [0.15, 0.2) is 24.5 Å². The molecule has 2 aromatic rings. The second kappa shape index (κ2) is 5.81. The van der Waals surface area contributed by atoms with Crippen LogP contribution in [0.2, 0.25) is 0 Å². The summed E-state index contributed by atoms with van der Waals surface area (Å²) < 4.78 is 3.84. The summed E-state index contributed by atoms with van der Waals surface area (Å²) in [6.45, 7) is 2.11. The highest BCUT2D eigenvalue weighted by molar-refractivity contribution is 7.05. The molecule has 0 saturated heterocycles. The van der Waals surface area contributed by atoms with E-state index in [1.165, 1.54) is 17.1 Å². The van der Waals surface area contributed by atoms with Gasteiger partial charge in [0.25, 0.3) is 0 Å². The van der Waals surface area contributed by atoms with Crippen LogP contribution < -0.4 is 11.3 Å². The smallest absolute Gasteiger partial charge is 0.0670 e. The highest BCUT2D eigenvalue weighted by atomic mass is 32.1. The van der Waals surface area contributed by atoms with Gasteiger partial charge in [-0.05, 0) is 29.6 Å². The number of nitrogens with one attached hydrogen (secondary N) is 1. The Morgan fingerprint density at radius 2 is 2.29 bits per heavy atom. The Labute approximate surface area is 104 Å². The molecule has 0 aliphatic heterocycles. The maximum atomic E-state index is 5.54. The number of aryl methyl sites for hydroxylation is 1. The van der Waals surface area contributed by atoms with E-state index in [9.17, 15) is 0 Å². The summed E-state index contributed by atoms with van der Waals surface area (Å²) in [7, 11) is 0. The Kier molecular flexibility index (Phi) is 4.13. The van der Waals surface area contributed by atoms with Crippen molar-refractivity contribution in [1.82, 2.24) is 20.0 Å². The molecule has 0 aromatic carbocycles. The molecular formula is C11H15N5S. The van der Waals surface area contributed by atoms with Crippen molar-refractivity contribution >= 4 is 11.5 Å². The number of hydrazine groups is 1. The number of aromatic nitrogens is 3. The lowest BCUT2D eigenvalue weighted by atomic mass is 10.1. The molecule has 0 spiro atoms. The van der Waals surface area contributed by atoms with Gasteiger partial charge in [-0.25, -0.2) is 0 Å². The molecule has 3 N–H and O–H groups in total. The zero-order valence-corrected chi connectivity index (χ0v) is 10.4. The second-order valence-corrected chi connectivity index (χ2v) is 4.57.